The number of unbranched alkanes of at least 4 members (excludes halogenated alkanes) is 1. The lowest BCUT2D eigenvalue weighted by molar-refractivity contribution is 0.233. The summed E-state index contributed by atoms with van der Waals surface area (Å²) in [5.41, 5.74) is 2.46. The van der Waals surface area contributed by atoms with Crippen molar-refractivity contribution in [3.05, 3.63) is 41.0 Å². The highest BCUT2D eigenvalue weighted by atomic mass is 16.5. The van der Waals surface area contributed by atoms with E-state index >= 15 is 0 Å². The number of methoxy groups -OCH3 is 1. The molecule has 0 saturated carbocycles. The topological polar surface area (TPSA) is 42.2 Å². The maximum Gasteiger partial charge on any atom is 0.127 e. The van der Waals surface area contributed by atoms with Crippen molar-refractivity contribution < 1.29 is 9.47 Å². The number of nitriles is 1. The fourth-order valence-corrected chi connectivity index (χ4v) is 2.71. The number of hydrogen-bond donors (Lipinski definition) is 0. The Hall–Kier alpha value is -2.21. The number of rotatable bonds is 8. The zero-order valence-electron chi connectivity index (χ0n) is 14.3. The van der Waals surface area contributed by atoms with Crippen LogP contribution in [-0.2, 0) is 4.74 Å². The van der Waals surface area contributed by atoms with Crippen LogP contribution in [0, 0.1) is 17.2 Å². The third-order valence-electron chi connectivity index (χ3n) is 4.26. The minimum absolute atomic E-state index is 0.575. The molecular formula is C20H25NO2. The first kappa shape index (κ1) is 17.1. The van der Waals surface area contributed by atoms with Crippen LogP contribution in [0.4, 0.5) is 0 Å². The van der Waals surface area contributed by atoms with Crippen LogP contribution in [0.1, 0.15) is 50.7 Å². The van der Waals surface area contributed by atoms with Crippen LogP contribution < -0.4 is 4.74 Å². The molecule has 1 atom stereocenters. The maximum atomic E-state index is 9.26. The van der Waals surface area contributed by atoms with Gasteiger partial charge in [0, 0.05) is 11.1 Å². The predicted molar refractivity (Wildman–Crippen MR) is 93.8 cm³/mol. The van der Waals surface area contributed by atoms with E-state index in [4.69, 9.17) is 9.47 Å². The summed E-state index contributed by atoms with van der Waals surface area (Å²) in [6, 6.07) is 8.18. The molecule has 0 saturated heterocycles. The zero-order valence-corrected chi connectivity index (χ0v) is 14.3. The van der Waals surface area contributed by atoms with Gasteiger partial charge in [0.25, 0.3) is 0 Å². The molecule has 1 unspecified atom stereocenters. The van der Waals surface area contributed by atoms with Crippen molar-refractivity contribution >= 4 is 11.8 Å². The Kier molecular flexibility index (Phi) is 6.29. The van der Waals surface area contributed by atoms with E-state index in [1.807, 2.05) is 24.3 Å². The zero-order chi connectivity index (χ0) is 16.7. The molecule has 0 spiro atoms. The van der Waals surface area contributed by atoms with E-state index in [9.17, 15) is 5.26 Å². The van der Waals surface area contributed by atoms with E-state index in [1.165, 1.54) is 19.3 Å². The van der Waals surface area contributed by atoms with Crippen molar-refractivity contribution in [1.29, 1.82) is 5.26 Å². The highest BCUT2D eigenvalue weighted by Crippen LogP contribution is 2.31. The van der Waals surface area contributed by atoms with Crippen LogP contribution in [0.3, 0.4) is 0 Å². The second kappa shape index (κ2) is 8.43. The molecule has 0 aromatic heterocycles. The summed E-state index contributed by atoms with van der Waals surface area (Å²) in [7, 11) is 1.62. The number of benzene rings is 1. The van der Waals surface area contributed by atoms with Crippen LogP contribution in [0.15, 0.2) is 29.8 Å². The molecule has 1 aromatic rings. The number of ether oxygens (including phenoxy) is 2. The summed E-state index contributed by atoms with van der Waals surface area (Å²) in [5.74, 6) is 2.09. The van der Waals surface area contributed by atoms with Crippen LogP contribution in [0.2, 0.25) is 0 Å². The van der Waals surface area contributed by atoms with Crippen molar-refractivity contribution in [1.82, 2.24) is 0 Å². The molecule has 2 aliphatic carbocycles. The molecule has 0 aliphatic heterocycles. The highest BCUT2D eigenvalue weighted by Gasteiger charge is 2.14. The lowest BCUT2D eigenvalue weighted by atomic mass is 9.99. The Bertz CT molecular complexity index is 638. The summed E-state index contributed by atoms with van der Waals surface area (Å²) >= 11 is 0. The first-order chi connectivity index (χ1) is 11.2. The smallest absolute Gasteiger partial charge is 0.127 e. The molecule has 0 heterocycles. The molecule has 23 heavy (non-hydrogen) atoms. The minimum atomic E-state index is 0.575. The molecule has 122 valence electrons. The van der Waals surface area contributed by atoms with Crippen LogP contribution in [0.5, 0.6) is 5.75 Å². The standard InChI is InChI=1S/C20H25NO2/c1-4-6-7-15(5-2)14-23-20-12-18-9-8-17(20)10-16(13-21)11-19(18)22-3/h8-12,15H,4-7,14H2,1-3H3/b16-10+,16-11?,17-10?,19-11?,19-18?. The molecule has 2 aliphatic rings. The first-order valence-corrected chi connectivity index (χ1v) is 8.36. The van der Waals surface area contributed by atoms with Gasteiger partial charge in [0.05, 0.1) is 25.4 Å². The predicted octanol–water partition coefficient (Wildman–Crippen LogP) is 5.19. The SMILES string of the molecule is CCCCC(CC)COc1cc2ccc1/C=C(/C#N)C=C2OC. The Morgan fingerprint density at radius 2 is 2.04 bits per heavy atom. The number of allylic oxidation sites excluding steroid dienone is 2. The molecule has 1 aromatic carbocycles. The van der Waals surface area contributed by atoms with Gasteiger partial charge >= 0.3 is 0 Å². The molecule has 0 fully saturated rings. The van der Waals surface area contributed by atoms with Crippen molar-refractivity contribution in [3.63, 3.8) is 0 Å². The second-order valence-electron chi connectivity index (χ2n) is 5.90. The van der Waals surface area contributed by atoms with Crippen LogP contribution in [0.25, 0.3) is 11.8 Å². The van der Waals surface area contributed by atoms with Crippen LogP contribution >= 0.6 is 0 Å². The van der Waals surface area contributed by atoms with E-state index < -0.39 is 0 Å². The molecule has 0 amide bonds. The van der Waals surface area contributed by atoms with Crippen molar-refractivity contribution in [2.45, 2.75) is 39.5 Å². The summed E-state index contributed by atoms with van der Waals surface area (Å²) in [5, 5.41) is 9.26. The van der Waals surface area contributed by atoms with Gasteiger partial charge < -0.3 is 9.47 Å². The summed E-state index contributed by atoms with van der Waals surface area (Å²) in [6.45, 7) is 5.15. The molecular weight excluding hydrogens is 286 g/mol. The fraction of sp³-hybridized carbons (Fsp3) is 0.450. The normalized spacial score (nSPS) is 16.4. The van der Waals surface area contributed by atoms with Gasteiger partial charge in [-0.15, -0.1) is 0 Å². The van der Waals surface area contributed by atoms with Gasteiger partial charge in [-0.1, -0.05) is 45.2 Å². The lowest BCUT2D eigenvalue weighted by Crippen LogP contribution is -2.12. The summed E-state index contributed by atoms with van der Waals surface area (Å²) < 4.78 is 11.5. The Balaban J connectivity index is 2.21. The largest absolute Gasteiger partial charge is 0.496 e. The number of hydrogen-bond acceptors (Lipinski definition) is 3. The van der Waals surface area contributed by atoms with Crippen molar-refractivity contribution in [3.8, 4) is 11.8 Å². The van der Waals surface area contributed by atoms with Crippen molar-refractivity contribution in [2.75, 3.05) is 13.7 Å². The molecule has 3 heteroatoms. The number of fused-ring (bicyclic) bond motifs is 3. The summed E-state index contributed by atoms with van der Waals surface area (Å²) in [4.78, 5) is 0. The monoisotopic (exact) mass is 311 g/mol. The van der Waals surface area contributed by atoms with Gasteiger partial charge in [-0.2, -0.15) is 5.26 Å². The highest BCUT2D eigenvalue weighted by molar-refractivity contribution is 5.76. The first-order valence-electron chi connectivity index (χ1n) is 8.36. The molecule has 0 radical (unpaired) electrons. The quantitative estimate of drug-likeness (QED) is 0.663. The van der Waals surface area contributed by atoms with Gasteiger partial charge in [0.2, 0.25) is 0 Å². The van der Waals surface area contributed by atoms with Crippen LogP contribution in [-0.4, -0.2) is 13.7 Å². The van der Waals surface area contributed by atoms with E-state index in [1.54, 1.807) is 13.2 Å². The minimum Gasteiger partial charge on any atom is -0.496 e. The fourth-order valence-electron chi connectivity index (χ4n) is 2.71. The van der Waals surface area contributed by atoms with E-state index in [0.717, 1.165) is 23.3 Å². The summed E-state index contributed by atoms with van der Waals surface area (Å²) in [6.07, 6.45) is 8.39. The van der Waals surface area contributed by atoms with Gasteiger partial charge in [-0.05, 0) is 30.6 Å². The average molecular weight is 311 g/mol. The third-order valence-corrected chi connectivity index (χ3v) is 4.26. The Morgan fingerprint density at radius 1 is 1.22 bits per heavy atom. The van der Waals surface area contributed by atoms with E-state index in [0.29, 0.717) is 23.9 Å². The van der Waals surface area contributed by atoms with E-state index in [-0.39, 0.29) is 0 Å². The Labute approximate surface area is 139 Å². The van der Waals surface area contributed by atoms with Gasteiger partial charge in [0.1, 0.15) is 11.5 Å². The number of nitrogens with zero attached hydrogens (tertiary/aromatic N) is 1. The maximum absolute atomic E-state index is 9.26. The van der Waals surface area contributed by atoms with Crippen molar-refractivity contribution in [2.24, 2.45) is 5.92 Å². The second-order valence-corrected chi connectivity index (χ2v) is 5.90. The molecule has 0 N–H and O–H groups in total. The molecule has 3 rings (SSSR count). The van der Waals surface area contributed by atoms with E-state index in [2.05, 4.69) is 19.9 Å². The lowest BCUT2D eigenvalue weighted by Gasteiger charge is -2.19. The Morgan fingerprint density at radius 3 is 2.70 bits per heavy atom. The van der Waals surface area contributed by atoms with Gasteiger partial charge in [0.15, 0.2) is 0 Å². The molecule has 2 bridgehead atoms. The molecule has 3 nitrogen and oxygen atoms in total. The van der Waals surface area contributed by atoms with Gasteiger partial charge in [-0.3, -0.25) is 0 Å². The van der Waals surface area contributed by atoms with Gasteiger partial charge in [-0.25, -0.2) is 0 Å². The third kappa shape index (κ3) is 4.39. The average Bonchev–Trinajstić information content (AvgIpc) is 2.56.